The van der Waals surface area contributed by atoms with Gasteiger partial charge in [-0.15, -0.1) is 6.42 Å². The number of aromatic nitrogens is 2. The number of terminal acetylenes is 1. The van der Waals surface area contributed by atoms with E-state index in [0.717, 1.165) is 6.07 Å². The molecule has 1 rings (SSSR count). The molecule has 76 valence electrons. The molecule has 0 saturated heterocycles. The first-order valence-electron chi connectivity index (χ1n) is 3.88. The molecular formula is C9H9F3N2. The molecular weight excluding hydrogens is 193 g/mol. The van der Waals surface area contributed by atoms with E-state index in [4.69, 9.17) is 6.42 Å². The lowest BCUT2D eigenvalue weighted by atomic mass is 9.90. The Morgan fingerprint density at radius 2 is 2.00 bits per heavy atom. The maximum atomic E-state index is 12.2. The standard InChI is InChI=1S/C9H9F3N2/c1-4-8(2,3)6-5-7(14-13-6)9(10,11)12/h1,5H,2-3H3,(H,13,14). The SMILES string of the molecule is C#CC(C)(C)c1cc(C(F)(F)F)[nH]n1. The molecule has 0 aromatic carbocycles. The summed E-state index contributed by atoms with van der Waals surface area (Å²) >= 11 is 0. The van der Waals surface area contributed by atoms with Crippen molar-refractivity contribution < 1.29 is 13.2 Å². The minimum absolute atomic E-state index is 0.215. The Hall–Kier alpha value is -1.44. The summed E-state index contributed by atoms with van der Waals surface area (Å²) in [5, 5.41) is 5.45. The van der Waals surface area contributed by atoms with E-state index >= 15 is 0 Å². The van der Waals surface area contributed by atoms with Gasteiger partial charge in [-0.2, -0.15) is 18.3 Å². The second kappa shape index (κ2) is 3.05. The van der Waals surface area contributed by atoms with Gasteiger partial charge in [0.25, 0.3) is 0 Å². The summed E-state index contributed by atoms with van der Waals surface area (Å²) in [6.45, 7) is 3.26. The predicted octanol–water partition coefficient (Wildman–Crippen LogP) is 2.34. The number of H-pyrrole nitrogens is 1. The summed E-state index contributed by atoms with van der Waals surface area (Å²) in [4.78, 5) is 0. The summed E-state index contributed by atoms with van der Waals surface area (Å²) in [6, 6.07) is 0.930. The van der Waals surface area contributed by atoms with Crippen molar-refractivity contribution in [1.29, 1.82) is 0 Å². The fraction of sp³-hybridized carbons (Fsp3) is 0.444. The molecule has 0 aliphatic carbocycles. The van der Waals surface area contributed by atoms with Crippen molar-refractivity contribution in [2.24, 2.45) is 0 Å². The lowest BCUT2D eigenvalue weighted by Crippen LogP contribution is -2.14. The van der Waals surface area contributed by atoms with Crippen molar-refractivity contribution in [3.05, 3.63) is 17.5 Å². The number of nitrogens with zero attached hydrogens (tertiary/aromatic N) is 1. The second-order valence-corrected chi connectivity index (χ2v) is 3.43. The zero-order valence-electron chi connectivity index (χ0n) is 7.74. The van der Waals surface area contributed by atoms with Crippen LogP contribution in [0.15, 0.2) is 6.07 Å². The molecule has 1 aromatic heterocycles. The number of hydrogen-bond acceptors (Lipinski definition) is 1. The van der Waals surface area contributed by atoms with Crippen LogP contribution < -0.4 is 0 Å². The van der Waals surface area contributed by atoms with E-state index in [0.29, 0.717) is 0 Å². The topological polar surface area (TPSA) is 28.7 Å². The van der Waals surface area contributed by atoms with E-state index < -0.39 is 17.3 Å². The molecule has 0 spiro atoms. The maximum Gasteiger partial charge on any atom is 0.432 e. The highest BCUT2D eigenvalue weighted by atomic mass is 19.4. The first kappa shape index (κ1) is 10.6. The summed E-state index contributed by atoms with van der Waals surface area (Å²) in [7, 11) is 0. The maximum absolute atomic E-state index is 12.2. The molecule has 2 nitrogen and oxygen atoms in total. The fourth-order valence-corrected chi connectivity index (χ4v) is 0.861. The average Bonchev–Trinajstić information content (AvgIpc) is 2.51. The zero-order valence-corrected chi connectivity index (χ0v) is 7.74. The summed E-state index contributed by atoms with van der Waals surface area (Å²) in [5.74, 6) is 2.37. The lowest BCUT2D eigenvalue weighted by molar-refractivity contribution is -0.141. The van der Waals surface area contributed by atoms with Gasteiger partial charge in [-0.25, -0.2) is 0 Å². The van der Waals surface area contributed by atoms with E-state index in [9.17, 15) is 13.2 Å². The Labute approximate surface area is 79.5 Å². The van der Waals surface area contributed by atoms with Crippen LogP contribution in [0.3, 0.4) is 0 Å². The molecule has 0 atom stereocenters. The van der Waals surface area contributed by atoms with Crippen molar-refractivity contribution in [2.45, 2.75) is 25.4 Å². The summed E-state index contributed by atoms with van der Waals surface area (Å²) in [5.41, 5.74) is -1.46. The van der Waals surface area contributed by atoms with Crippen LogP contribution >= 0.6 is 0 Å². The normalized spacial score (nSPS) is 12.6. The van der Waals surface area contributed by atoms with Gasteiger partial charge in [0.05, 0.1) is 11.1 Å². The third-order valence-corrected chi connectivity index (χ3v) is 1.88. The van der Waals surface area contributed by atoms with Gasteiger partial charge in [0.2, 0.25) is 0 Å². The van der Waals surface area contributed by atoms with Crippen molar-refractivity contribution in [3.63, 3.8) is 0 Å². The van der Waals surface area contributed by atoms with Crippen LogP contribution in [0.5, 0.6) is 0 Å². The number of alkyl halides is 3. The van der Waals surface area contributed by atoms with E-state index in [1.165, 1.54) is 0 Å². The number of rotatable bonds is 1. The third-order valence-electron chi connectivity index (χ3n) is 1.88. The van der Waals surface area contributed by atoms with Gasteiger partial charge < -0.3 is 0 Å². The number of hydrogen-bond donors (Lipinski definition) is 1. The highest BCUT2D eigenvalue weighted by molar-refractivity contribution is 5.27. The number of aromatic amines is 1. The summed E-state index contributed by atoms with van der Waals surface area (Å²) in [6.07, 6.45) is 0.765. The number of nitrogens with one attached hydrogen (secondary N) is 1. The highest BCUT2D eigenvalue weighted by Crippen LogP contribution is 2.30. The molecule has 1 heterocycles. The first-order valence-corrected chi connectivity index (χ1v) is 3.88. The van der Waals surface area contributed by atoms with Gasteiger partial charge in [0.1, 0.15) is 5.69 Å². The lowest BCUT2D eigenvalue weighted by Gasteiger charge is -2.12. The second-order valence-electron chi connectivity index (χ2n) is 3.43. The molecule has 1 N–H and O–H groups in total. The van der Waals surface area contributed by atoms with Crippen LogP contribution in [0.25, 0.3) is 0 Å². The molecule has 0 unspecified atom stereocenters. The Morgan fingerprint density at radius 1 is 1.43 bits per heavy atom. The van der Waals surface area contributed by atoms with Crippen molar-refractivity contribution in [1.82, 2.24) is 10.2 Å². The first-order chi connectivity index (χ1) is 6.27. The quantitative estimate of drug-likeness (QED) is 0.695. The molecule has 0 bridgehead atoms. The van der Waals surface area contributed by atoms with Crippen LogP contribution in [0.1, 0.15) is 25.2 Å². The average molecular weight is 202 g/mol. The van der Waals surface area contributed by atoms with Crippen LogP contribution in [-0.2, 0) is 11.6 Å². The van der Waals surface area contributed by atoms with Gasteiger partial charge in [-0.3, -0.25) is 5.10 Å². The molecule has 0 saturated carbocycles. The van der Waals surface area contributed by atoms with Gasteiger partial charge in [-0.1, -0.05) is 5.92 Å². The van der Waals surface area contributed by atoms with E-state index in [2.05, 4.69) is 11.0 Å². The Morgan fingerprint density at radius 3 is 2.36 bits per heavy atom. The third kappa shape index (κ3) is 1.90. The Kier molecular flexibility index (Phi) is 2.32. The molecule has 0 amide bonds. The number of halogens is 3. The molecule has 1 aromatic rings. The molecule has 0 aliphatic rings. The highest BCUT2D eigenvalue weighted by Gasteiger charge is 2.34. The van der Waals surface area contributed by atoms with Crippen molar-refractivity contribution in [2.75, 3.05) is 0 Å². The minimum atomic E-state index is -4.41. The van der Waals surface area contributed by atoms with Crippen LogP contribution in [0.4, 0.5) is 13.2 Å². The Bertz CT molecular complexity index is 368. The van der Waals surface area contributed by atoms with Gasteiger partial charge in [0, 0.05) is 0 Å². The molecule has 0 radical (unpaired) electrons. The van der Waals surface area contributed by atoms with E-state index in [-0.39, 0.29) is 5.69 Å². The molecule has 14 heavy (non-hydrogen) atoms. The zero-order chi connectivity index (χ0) is 11.0. The van der Waals surface area contributed by atoms with Crippen molar-refractivity contribution in [3.8, 4) is 12.3 Å². The largest absolute Gasteiger partial charge is 0.432 e. The minimum Gasteiger partial charge on any atom is -0.273 e. The molecule has 0 fully saturated rings. The smallest absolute Gasteiger partial charge is 0.273 e. The van der Waals surface area contributed by atoms with E-state index in [1.807, 2.05) is 5.10 Å². The fourth-order valence-electron chi connectivity index (χ4n) is 0.861. The molecule has 0 aliphatic heterocycles. The monoisotopic (exact) mass is 202 g/mol. The Balaban J connectivity index is 3.08. The van der Waals surface area contributed by atoms with Gasteiger partial charge in [-0.05, 0) is 19.9 Å². The molecule has 5 heteroatoms. The summed E-state index contributed by atoms with van der Waals surface area (Å²) < 4.78 is 36.5. The van der Waals surface area contributed by atoms with Gasteiger partial charge >= 0.3 is 6.18 Å². The predicted molar refractivity (Wildman–Crippen MR) is 45.4 cm³/mol. The van der Waals surface area contributed by atoms with Crippen LogP contribution in [-0.4, -0.2) is 10.2 Å². The van der Waals surface area contributed by atoms with Crippen LogP contribution in [0, 0.1) is 12.3 Å². The van der Waals surface area contributed by atoms with Crippen LogP contribution in [0.2, 0.25) is 0 Å². The van der Waals surface area contributed by atoms with Gasteiger partial charge in [0.15, 0.2) is 0 Å². The van der Waals surface area contributed by atoms with E-state index in [1.54, 1.807) is 13.8 Å². The van der Waals surface area contributed by atoms with Crippen molar-refractivity contribution >= 4 is 0 Å².